The van der Waals surface area contributed by atoms with Crippen molar-refractivity contribution in [2.75, 3.05) is 0 Å². The van der Waals surface area contributed by atoms with E-state index in [4.69, 9.17) is 0 Å². The molecule has 4 heteroatoms. The van der Waals surface area contributed by atoms with Gasteiger partial charge in [0.1, 0.15) is 0 Å². The molecule has 1 amide bonds. The Hall–Kier alpha value is -1.68. The molecule has 3 nitrogen and oxygen atoms in total. The lowest BCUT2D eigenvalue weighted by Crippen LogP contribution is -2.24. The molecule has 1 N–H and O–H groups in total. The van der Waals surface area contributed by atoms with Crippen LogP contribution >= 0.6 is 11.3 Å². The van der Waals surface area contributed by atoms with Crippen molar-refractivity contribution in [3.8, 4) is 0 Å². The molecule has 2 heterocycles. The fourth-order valence-corrected chi connectivity index (χ4v) is 3.77. The lowest BCUT2D eigenvalue weighted by atomic mass is 9.95. The summed E-state index contributed by atoms with van der Waals surface area (Å²) in [5.41, 5.74) is 4.03. The molecule has 3 rings (SSSR count). The molecule has 0 spiro atoms. The SMILES string of the molecule is Cc1cccc(CNC(=O)c2csc3c2CCCC3)n1. The second-order valence-electron chi connectivity index (χ2n) is 5.21. The number of fused-ring (bicyclic) bond motifs is 1. The first-order valence-electron chi connectivity index (χ1n) is 7.04. The number of aromatic nitrogens is 1. The molecular weight excluding hydrogens is 268 g/mol. The van der Waals surface area contributed by atoms with Gasteiger partial charge in [-0.25, -0.2) is 0 Å². The smallest absolute Gasteiger partial charge is 0.252 e. The molecule has 0 aliphatic heterocycles. The molecule has 20 heavy (non-hydrogen) atoms. The minimum Gasteiger partial charge on any atom is -0.346 e. The van der Waals surface area contributed by atoms with E-state index in [1.54, 1.807) is 11.3 Å². The number of pyridine rings is 1. The largest absolute Gasteiger partial charge is 0.346 e. The average Bonchev–Trinajstić information content (AvgIpc) is 2.89. The van der Waals surface area contributed by atoms with E-state index in [1.807, 2.05) is 30.5 Å². The lowest BCUT2D eigenvalue weighted by molar-refractivity contribution is 0.0949. The summed E-state index contributed by atoms with van der Waals surface area (Å²) in [6.07, 6.45) is 4.63. The third kappa shape index (κ3) is 2.75. The molecule has 1 aliphatic carbocycles. The number of carbonyl (C=O) groups excluding carboxylic acids is 1. The van der Waals surface area contributed by atoms with Crippen LogP contribution in [0.25, 0.3) is 0 Å². The zero-order chi connectivity index (χ0) is 13.9. The van der Waals surface area contributed by atoms with E-state index in [2.05, 4.69) is 10.3 Å². The Morgan fingerprint density at radius 2 is 2.20 bits per heavy atom. The first-order valence-corrected chi connectivity index (χ1v) is 7.92. The minimum atomic E-state index is 0.0349. The van der Waals surface area contributed by atoms with Crippen LogP contribution in [-0.2, 0) is 19.4 Å². The average molecular weight is 286 g/mol. The van der Waals surface area contributed by atoms with Crippen LogP contribution in [0.1, 0.15) is 45.0 Å². The molecule has 0 saturated carbocycles. The van der Waals surface area contributed by atoms with Gasteiger partial charge < -0.3 is 5.32 Å². The molecule has 0 aromatic carbocycles. The van der Waals surface area contributed by atoms with Crippen LogP contribution in [0.3, 0.4) is 0 Å². The maximum atomic E-state index is 12.3. The first kappa shape index (κ1) is 13.3. The van der Waals surface area contributed by atoms with Gasteiger partial charge in [0.15, 0.2) is 0 Å². The Morgan fingerprint density at radius 3 is 3.05 bits per heavy atom. The summed E-state index contributed by atoms with van der Waals surface area (Å²) in [6, 6.07) is 5.87. The molecule has 0 bridgehead atoms. The van der Waals surface area contributed by atoms with Gasteiger partial charge in [-0.1, -0.05) is 6.07 Å². The van der Waals surface area contributed by atoms with Crippen molar-refractivity contribution in [3.05, 3.63) is 51.0 Å². The normalized spacial score (nSPS) is 13.8. The summed E-state index contributed by atoms with van der Waals surface area (Å²) < 4.78 is 0. The van der Waals surface area contributed by atoms with Crippen molar-refractivity contribution in [1.29, 1.82) is 0 Å². The van der Waals surface area contributed by atoms with E-state index < -0.39 is 0 Å². The Kier molecular flexibility index (Phi) is 3.83. The van der Waals surface area contributed by atoms with Gasteiger partial charge in [0, 0.05) is 16.0 Å². The highest BCUT2D eigenvalue weighted by molar-refractivity contribution is 7.10. The number of nitrogens with zero attached hydrogens (tertiary/aromatic N) is 1. The highest BCUT2D eigenvalue weighted by atomic mass is 32.1. The van der Waals surface area contributed by atoms with Crippen LogP contribution in [-0.4, -0.2) is 10.9 Å². The Labute approximate surface area is 123 Å². The Morgan fingerprint density at radius 1 is 1.35 bits per heavy atom. The van der Waals surface area contributed by atoms with Gasteiger partial charge in [-0.2, -0.15) is 0 Å². The molecule has 2 aromatic heterocycles. The second-order valence-corrected chi connectivity index (χ2v) is 6.18. The van der Waals surface area contributed by atoms with Gasteiger partial charge in [-0.15, -0.1) is 11.3 Å². The van der Waals surface area contributed by atoms with Gasteiger partial charge in [0.05, 0.1) is 17.8 Å². The summed E-state index contributed by atoms with van der Waals surface area (Å²) in [5, 5.41) is 4.99. The van der Waals surface area contributed by atoms with E-state index in [1.165, 1.54) is 23.3 Å². The maximum absolute atomic E-state index is 12.3. The molecule has 104 valence electrons. The minimum absolute atomic E-state index is 0.0349. The topological polar surface area (TPSA) is 42.0 Å². The predicted octanol–water partition coefficient (Wildman–Crippen LogP) is 3.26. The van der Waals surface area contributed by atoms with Crippen LogP contribution in [0, 0.1) is 6.92 Å². The molecule has 2 aromatic rings. The summed E-state index contributed by atoms with van der Waals surface area (Å²) in [6.45, 7) is 2.45. The van der Waals surface area contributed by atoms with Crippen LogP contribution < -0.4 is 5.32 Å². The molecule has 0 unspecified atom stereocenters. The van der Waals surface area contributed by atoms with Gasteiger partial charge in [-0.05, 0) is 50.3 Å². The number of aryl methyl sites for hydroxylation is 2. The summed E-state index contributed by atoms with van der Waals surface area (Å²) in [7, 11) is 0. The van der Waals surface area contributed by atoms with Crippen LogP contribution in [0.5, 0.6) is 0 Å². The van der Waals surface area contributed by atoms with Gasteiger partial charge in [0.2, 0.25) is 0 Å². The van der Waals surface area contributed by atoms with E-state index in [9.17, 15) is 4.79 Å². The van der Waals surface area contributed by atoms with Crippen LogP contribution in [0.15, 0.2) is 23.6 Å². The van der Waals surface area contributed by atoms with E-state index >= 15 is 0 Å². The van der Waals surface area contributed by atoms with E-state index in [0.29, 0.717) is 6.54 Å². The Balaban J connectivity index is 1.69. The third-order valence-corrected chi connectivity index (χ3v) is 4.77. The molecule has 0 saturated heterocycles. The van der Waals surface area contributed by atoms with Gasteiger partial charge in [-0.3, -0.25) is 9.78 Å². The summed E-state index contributed by atoms with van der Waals surface area (Å²) >= 11 is 1.73. The Bertz CT molecular complexity index is 633. The molecule has 0 atom stereocenters. The van der Waals surface area contributed by atoms with Crippen molar-refractivity contribution in [2.45, 2.75) is 39.2 Å². The highest BCUT2D eigenvalue weighted by Crippen LogP contribution is 2.30. The van der Waals surface area contributed by atoms with Crippen molar-refractivity contribution >= 4 is 17.2 Å². The molecular formula is C16H18N2OS. The number of amides is 1. The van der Waals surface area contributed by atoms with Gasteiger partial charge in [0.25, 0.3) is 5.91 Å². The summed E-state index contributed by atoms with van der Waals surface area (Å²) in [5.74, 6) is 0.0349. The van der Waals surface area contributed by atoms with Crippen molar-refractivity contribution < 1.29 is 4.79 Å². The number of thiophene rings is 1. The van der Waals surface area contributed by atoms with Crippen molar-refractivity contribution in [2.24, 2.45) is 0 Å². The highest BCUT2D eigenvalue weighted by Gasteiger charge is 2.19. The van der Waals surface area contributed by atoms with Crippen LogP contribution in [0.4, 0.5) is 0 Å². The fourth-order valence-electron chi connectivity index (χ4n) is 2.65. The van der Waals surface area contributed by atoms with Gasteiger partial charge >= 0.3 is 0 Å². The number of nitrogens with one attached hydrogen (secondary N) is 1. The zero-order valence-electron chi connectivity index (χ0n) is 11.6. The van der Waals surface area contributed by atoms with Crippen LogP contribution in [0.2, 0.25) is 0 Å². The number of carbonyl (C=O) groups is 1. The quantitative estimate of drug-likeness (QED) is 0.941. The van der Waals surface area contributed by atoms with E-state index in [-0.39, 0.29) is 5.91 Å². The fraction of sp³-hybridized carbons (Fsp3) is 0.375. The molecule has 0 radical (unpaired) electrons. The zero-order valence-corrected chi connectivity index (χ0v) is 12.4. The molecule has 1 aliphatic rings. The van der Waals surface area contributed by atoms with E-state index in [0.717, 1.165) is 29.8 Å². The van der Waals surface area contributed by atoms with Crippen molar-refractivity contribution in [3.63, 3.8) is 0 Å². The predicted molar refractivity (Wildman–Crippen MR) is 81.1 cm³/mol. The second kappa shape index (κ2) is 5.75. The third-order valence-electron chi connectivity index (χ3n) is 3.68. The lowest BCUT2D eigenvalue weighted by Gasteiger charge is -2.12. The van der Waals surface area contributed by atoms with Crippen molar-refractivity contribution in [1.82, 2.24) is 10.3 Å². The standard InChI is InChI=1S/C16H18N2OS/c1-11-5-4-6-12(18-11)9-17-16(19)14-10-20-15-8-3-2-7-13(14)15/h4-6,10H,2-3,7-9H2,1H3,(H,17,19). The number of hydrogen-bond donors (Lipinski definition) is 1. The number of rotatable bonds is 3. The molecule has 0 fully saturated rings. The maximum Gasteiger partial charge on any atom is 0.252 e. The number of hydrogen-bond acceptors (Lipinski definition) is 3. The first-order chi connectivity index (χ1) is 9.74. The summed E-state index contributed by atoms with van der Waals surface area (Å²) in [4.78, 5) is 18.1. The monoisotopic (exact) mass is 286 g/mol.